The monoisotopic (exact) mass is 231 g/mol. The van der Waals surface area contributed by atoms with E-state index in [4.69, 9.17) is 10.8 Å². The second kappa shape index (κ2) is 10.3. The number of rotatable bonds is 7. The maximum absolute atomic E-state index is 11.0. The second-order valence-electron chi connectivity index (χ2n) is 3.25. The lowest BCUT2D eigenvalue weighted by molar-refractivity contribution is -0.139. The van der Waals surface area contributed by atoms with Crippen LogP contribution in [0.2, 0.25) is 0 Å². The molecule has 1 atom stereocenters. The summed E-state index contributed by atoms with van der Waals surface area (Å²) in [5.74, 6) is -1.39. The first-order valence-electron chi connectivity index (χ1n) is 5.43. The number of carboxylic acid groups (broad SMARTS) is 1. The molecule has 0 amide bonds. The van der Waals surface area contributed by atoms with Gasteiger partial charge in [-0.05, 0) is 19.8 Å². The Morgan fingerprint density at radius 2 is 1.75 bits per heavy atom. The second-order valence-corrected chi connectivity index (χ2v) is 3.25. The minimum absolute atomic E-state index is 0.0672. The van der Waals surface area contributed by atoms with Crippen molar-refractivity contribution in [3.05, 3.63) is 0 Å². The van der Waals surface area contributed by atoms with Crippen LogP contribution in [0.4, 0.5) is 0 Å². The molecule has 0 bridgehead atoms. The number of carboxylic acids is 1. The summed E-state index contributed by atoms with van der Waals surface area (Å²) in [5.41, 5.74) is 5.23. The average Bonchev–Trinajstić information content (AvgIpc) is 2.19. The largest absolute Gasteiger partial charge is 0.480 e. The van der Waals surface area contributed by atoms with E-state index in [1.165, 1.54) is 6.92 Å². The summed E-state index contributed by atoms with van der Waals surface area (Å²) in [6.07, 6.45) is 0.835. The van der Waals surface area contributed by atoms with Gasteiger partial charge in [-0.3, -0.25) is 14.4 Å². The van der Waals surface area contributed by atoms with Gasteiger partial charge in [0, 0.05) is 6.42 Å². The molecule has 0 aliphatic heterocycles. The van der Waals surface area contributed by atoms with Gasteiger partial charge in [0.2, 0.25) is 0 Å². The molecule has 16 heavy (non-hydrogen) atoms. The molecule has 0 saturated heterocycles. The fourth-order valence-corrected chi connectivity index (χ4v) is 1.01. The Morgan fingerprint density at radius 1 is 1.25 bits per heavy atom. The van der Waals surface area contributed by atoms with Crippen molar-refractivity contribution in [1.82, 2.24) is 0 Å². The molecule has 94 valence electrons. The Morgan fingerprint density at radius 3 is 2.12 bits per heavy atom. The molecule has 0 heterocycles. The minimum atomic E-state index is -1.07. The molecule has 0 radical (unpaired) electrons. The van der Waals surface area contributed by atoms with Gasteiger partial charge in [-0.15, -0.1) is 0 Å². The van der Waals surface area contributed by atoms with E-state index >= 15 is 0 Å². The normalized spacial score (nSPS) is 11.0. The summed E-state index contributed by atoms with van der Waals surface area (Å²) in [4.78, 5) is 31.8. The first-order valence-corrected chi connectivity index (χ1v) is 5.43. The molecule has 0 rings (SSSR count). The van der Waals surface area contributed by atoms with Crippen LogP contribution >= 0.6 is 0 Å². The van der Waals surface area contributed by atoms with Crippen LogP contribution in [0.25, 0.3) is 0 Å². The fourth-order valence-electron chi connectivity index (χ4n) is 1.01. The zero-order valence-electron chi connectivity index (χ0n) is 10.2. The number of hydrogen-bond acceptors (Lipinski definition) is 4. The molecular weight excluding hydrogens is 210 g/mol. The van der Waals surface area contributed by atoms with Crippen molar-refractivity contribution in [2.45, 2.75) is 52.5 Å². The summed E-state index contributed by atoms with van der Waals surface area (Å²) in [6.45, 7) is 5.35. The van der Waals surface area contributed by atoms with E-state index in [0.717, 1.165) is 0 Å². The van der Waals surface area contributed by atoms with Crippen molar-refractivity contribution >= 4 is 17.5 Å². The average molecular weight is 231 g/mol. The Bertz CT molecular complexity index is 238. The van der Waals surface area contributed by atoms with E-state index in [0.29, 0.717) is 6.42 Å². The number of ketones is 2. The van der Waals surface area contributed by atoms with Crippen molar-refractivity contribution in [3.8, 4) is 0 Å². The van der Waals surface area contributed by atoms with Crippen molar-refractivity contribution < 1.29 is 19.5 Å². The zero-order valence-corrected chi connectivity index (χ0v) is 10.2. The van der Waals surface area contributed by atoms with Gasteiger partial charge in [0.15, 0.2) is 0 Å². The number of aliphatic carboxylic acids is 1. The third-order valence-corrected chi connectivity index (χ3v) is 1.73. The Labute approximate surface area is 96.0 Å². The minimum Gasteiger partial charge on any atom is -0.480 e. The van der Waals surface area contributed by atoms with Crippen molar-refractivity contribution in [2.75, 3.05) is 0 Å². The maximum atomic E-state index is 11.0. The van der Waals surface area contributed by atoms with E-state index in [-0.39, 0.29) is 30.8 Å². The van der Waals surface area contributed by atoms with Gasteiger partial charge in [-0.2, -0.15) is 0 Å². The molecular formula is C11H21NO4. The van der Waals surface area contributed by atoms with Crippen LogP contribution < -0.4 is 5.73 Å². The van der Waals surface area contributed by atoms with E-state index in [9.17, 15) is 14.4 Å². The van der Waals surface area contributed by atoms with Gasteiger partial charge in [0.1, 0.15) is 17.6 Å². The summed E-state index contributed by atoms with van der Waals surface area (Å²) in [6, 6.07) is -0.917. The highest BCUT2D eigenvalue weighted by molar-refractivity contribution is 5.97. The Hall–Kier alpha value is -1.23. The lowest BCUT2D eigenvalue weighted by atomic mass is 10.1. The molecule has 0 saturated carbocycles. The standard InChI is InChI=1S/C9H15NO4.C2H6/c1-6(11)5-7(12)3-2-4-8(10)9(13)14;1-2/h8H,2-5,10H2,1H3,(H,13,14);1-2H3. The van der Waals surface area contributed by atoms with E-state index in [1.807, 2.05) is 13.8 Å². The van der Waals surface area contributed by atoms with Crippen LogP contribution in [-0.4, -0.2) is 28.7 Å². The Kier molecular flexibility index (Phi) is 11.0. The topological polar surface area (TPSA) is 97.5 Å². The lowest BCUT2D eigenvalue weighted by Crippen LogP contribution is -2.29. The highest BCUT2D eigenvalue weighted by Gasteiger charge is 2.12. The number of nitrogens with two attached hydrogens (primary N) is 1. The predicted molar refractivity (Wildman–Crippen MR) is 61.1 cm³/mol. The molecule has 1 unspecified atom stereocenters. The molecule has 0 aromatic heterocycles. The molecule has 5 nitrogen and oxygen atoms in total. The van der Waals surface area contributed by atoms with Crippen molar-refractivity contribution in [1.29, 1.82) is 0 Å². The molecule has 0 aliphatic rings. The van der Waals surface area contributed by atoms with Crippen molar-refractivity contribution in [2.24, 2.45) is 5.73 Å². The van der Waals surface area contributed by atoms with E-state index in [1.54, 1.807) is 0 Å². The summed E-state index contributed by atoms with van der Waals surface area (Å²) in [5, 5.41) is 8.43. The van der Waals surface area contributed by atoms with E-state index < -0.39 is 12.0 Å². The van der Waals surface area contributed by atoms with Crippen LogP contribution in [0.3, 0.4) is 0 Å². The summed E-state index contributed by atoms with van der Waals surface area (Å²) < 4.78 is 0. The number of carbonyl (C=O) groups is 3. The first kappa shape index (κ1) is 17.2. The third-order valence-electron chi connectivity index (χ3n) is 1.73. The van der Waals surface area contributed by atoms with Crippen LogP contribution in [0, 0.1) is 0 Å². The fraction of sp³-hybridized carbons (Fsp3) is 0.727. The molecule has 0 spiro atoms. The molecule has 5 heteroatoms. The number of carbonyl (C=O) groups excluding carboxylic acids is 2. The first-order chi connectivity index (χ1) is 7.43. The quantitative estimate of drug-likeness (QED) is 0.640. The van der Waals surface area contributed by atoms with Gasteiger partial charge in [-0.1, -0.05) is 13.8 Å². The maximum Gasteiger partial charge on any atom is 0.320 e. The number of hydrogen-bond donors (Lipinski definition) is 2. The number of Topliss-reactive ketones (excluding diaryl/α,β-unsaturated/α-hetero) is 2. The van der Waals surface area contributed by atoms with E-state index in [2.05, 4.69) is 0 Å². The van der Waals surface area contributed by atoms with Gasteiger partial charge in [-0.25, -0.2) is 0 Å². The summed E-state index contributed by atoms with van der Waals surface area (Å²) >= 11 is 0. The molecule has 0 aromatic rings. The summed E-state index contributed by atoms with van der Waals surface area (Å²) in [7, 11) is 0. The van der Waals surface area contributed by atoms with Crippen LogP contribution in [0.5, 0.6) is 0 Å². The highest BCUT2D eigenvalue weighted by atomic mass is 16.4. The highest BCUT2D eigenvalue weighted by Crippen LogP contribution is 2.02. The van der Waals surface area contributed by atoms with Crippen LogP contribution in [0.1, 0.15) is 46.5 Å². The molecule has 0 fully saturated rings. The van der Waals surface area contributed by atoms with Crippen LogP contribution in [-0.2, 0) is 14.4 Å². The van der Waals surface area contributed by atoms with Gasteiger partial charge in [0.25, 0.3) is 0 Å². The zero-order chi connectivity index (χ0) is 13.1. The predicted octanol–water partition coefficient (Wildman–Crippen LogP) is 1.14. The molecule has 0 aliphatic carbocycles. The third kappa shape index (κ3) is 10.8. The smallest absolute Gasteiger partial charge is 0.320 e. The van der Waals surface area contributed by atoms with Gasteiger partial charge >= 0.3 is 5.97 Å². The van der Waals surface area contributed by atoms with Crippen LogP contribution in [0.15, 0.2) is 0 Å². The van der Waals surface area contributed by atoms with Gasteiger partial charge < -0.3 is 10.8 Å². The van der Waals surface area contributed by atoms with Gasteiger partial charge in [0.05, 0.1) is 6.42 Å². The van der Waals surface area contributed by atoms with Crippen molar-refractivity contribution in [3.63, 3.8) is 0 Å². The lowest BCUT2D eigenvalue weighted by Gasteiger charge is -2.04. The molecule has 3 N–H and O–H groups in total. The SMILES string of the molecule is CC.CC(=O)CC(=O)CCCC(N)C(=O)O. The molecule has 0 aromatic carbocycles. The Balaban J connectivity index is 0.